The highest BCUT2D eigenvalue weighted by atomic mass is 35.5. The molecule has 2 rings (SSSR count). The number of carbonyl (C=O) groups excluding carboxylic acids is 1. The summed E-state index contributed by atoms with van der Waals surface area (Å²) in [5.74, 6) is -0.300. The molecule has 0 aliphatic heterocycles. The summed E-state index contributed by atoms with van der Waals surface area (Å²) >= 11 is 5.79. The molecule has 0 bridgehead atoms. The van der Waals surface area contributed by atoms with Crippen LogP contribution in [0.15, 0.2) is 18.2 Å². The molecule has 102 valence electrons. The molecule has 1 amide bonds. The second kappa shape index (κ2) is 4.79. The van der Waals surface area contributed by atoms with Crippen molar-refractivity contribution in [2.45, 2.75) is 25.3 Å². The van der Waals surface area contributed by atoms with E-state index in [2.05, 4.69) is 5.32 Å². The lowest BCUT2D eigenvalue weighted by molar-refractivity contribution is -0.383. The minimum Gasteiger partial charge on any atom is -0.319 e. The fourth-order valence-corrected chi connectivity index (χ4v) is 2.07. The molecule has 0 radical (unpaired) electrons. The van der Waals surface area contributed by atoms with Crippen LogP contribution in [0.5, 0.6) is 0 Å². The smallest absolute Gasteiger partial charge is 0.292 e. The van der Waals surface area contributed by atoms with Crippen molar-refractivity contribution in [1.82, 2.24) is 0 Å². The minimum absolute atomic E-state index is 0.0693. The summed E-state index contributed by atoms with van der Waals surface area (Å²) in [6.45, 7) is 1.64. The number of hydrogen-bond donors (Lipinski definition) is 2. The molecular formula is C12H14ClN3O3. The molecule has 1 aliphatic rings. The highest BCUT2D eigenvalue weighted by Crippen LogP contribution is 2.39. The van der Waals surface area contributed by atoms with Gasteiger partial charge in [-0.15, -0.1) is 0 Å². The first kappa shape index (κ1) is 13.8. The van der Waals surface area contributed by atoms with E-state index in [1.165, 1.54) is 18.2 Å². The topological polar surface area (TPSA) is 98.3 Å². The molecule has 3 N–H and O–H groups in total. The summed E-state index contributed by atoms with van der Waals surface area (Å²) in [4.78, 5) is 22.4. The second-order valence-electron chi connectivity index (χ2n) is 4.93. The molecule has 0 heterocycles. The van der Waals surface area contributed by atoms with E-state index < -0.39 is 16.4 Å². The van der Waals surface area contributed by atoms with Crippen molar-refractivity contribution >= 4 is 28.9 Å². The molecule has 1 aliphatic carbocycles. The maximum absolute atomic E-state index is 12.1. The predicted molar refractivity (Wildman–Crippen MR) is 72.1 cm³/mol. The van der Waals surface area contributed by atoms with Gasteiger partial charge in [-0.25, -0.2) is 0 Å². The van der Waals surface area contributed by atoms with E-state index in [1.807, 2.05) is 0 Å². The Bertz CT molecular complexity index is 541. The standard InChI is InChI=1S/C12H14ClN3O3/c1-12(14,7-2-3-7)11(17)15-9-6-8(13)4-5-10(9)16(18)19/h4-7H,2-3,14H2,1H3,(H,15,17). The van der Waals surface area contributed by atoms with Gasteiger partial charge in [-0.1, -0.05) is 11.6 Å². The zero-order valence-electron chi connectivity index (χ0n) is 10.4. The fraction of sp³-hybridized carbons (Fsp3) is 0.417. The van der Waals surface area contributed by atoms with Gasteiger partial charge in [0.25, 0.3) is 5.69 Å². The minimum atomic E-state index is -1.02. The summed E-state index contributed by atoms with van der Waals surface area (Å²) in [7, 11) is 0. The van der Waals surface area contributed by atoms with E-state index >= 15 is 0 Å². The number of nitrogens with two attached hydrogens (primary N) is 1. The van der Waals surface area contributed by atoms with Crippen molar-refractivity contribution in [3.8, 4) is 0 Å². The molecule has 1 unspecified atom stereocenters. The van der Waals surface area contributed by atoms with Gasteiger partial charge in [0, 0.05) is 11.1 Å². The number of anilines is 1. The molecule has 0 spiro atoms. The van der Waals surface area contributed by atoms with E-state index in [-0.39, 0.29) is 17.3 Å². The number of hydrogen-bond acceptors (Lipinski definition) is 4. The maximum Gasteiger partial charge on any atom is 0.292 e. The lowest BCUT2D eigenvalue weighted by Crippen LogP contribution is -2.50. The van der Waals surface area contributed by atoms with Crippen LogP contribution < -0.4 is 11.1 Å². The third-order valence-corrected chi connectivity index (χ3v) is 3.55. The Kier molecular flexibility index (Phi) is 3.47. The Morgan fingerprint density at radius 2 is 2.21 bits per heavy atom. The van der Waals surface area contributed by atoms with Crippen LogP contribution >= 0.6 is 11.6 Å². The number of halogens is 1. The molecule has 0 saturated heterocycles. The number of amides is 1. The predicted octanol–water partition coefficient (Wildman–Crippen LogP) is 2.31. The molecule has 1 atom stereocenters. The van der Waals surface area contributed by atoms with Crippen molar-refractivity contribution in [1.29, 1.82) is 0 Å². The normalized spacial score (nSPS) is 17.6. The van der Waals surface area contributed by atoms with Gasteiger partial charge < -0.3 is 11.1 Å². The third-order valence-electron chi connectivity index (χ3n) is 3.32. The Morgan fingerprint density at radius 1 is 1.58 bits per heavy atom. The van der Waals surface area contributed by atoms with E-state index in [1.54, 1.807) is 6.92 Å². The monoisotopic (exact) mass is 283 g/mol. The molecule has 7 heteroatoms. The van der Waals surface area contributed by atoms with E-state index in [0.29, 0.717) is 5.02 Å². The van der Waals surface area contributed by atoms with Crippen molar-refractivity contribution < 1.29 is 9.72 Å². The Morgan fingerprint density at radius 3 is 2.74 bits per heavy atom. The van der Waals surface area contributed by atoms with E-state index in [0.717, 1.165) is 12.8 Å². The summed E-state index contributed by atoms with van der Waals surface area (Å²) in [5.41, 5.74) is 4.81. The van der Waals surface area contributed by atoms with E-state index in [4.69, 9.17) is 17.3 Å². The summed E-state index contributed by atoms with van der Waals surface area (Å²) in [6, 6.07) is 4.00. The van der Waals surface area contributed by atoms with Crippen LogP contribution in [0, 0.1) is 16.0 Å². The van der Waals surface area contributed by atoms with Crippen LogP contribution in [0.3, 0.4) is 0 Å². The number of nitrogens with zero attached hydrogens (tertiary/aromatic N) is 1. The molecule has 6 nitrogen and oxygen atoms in total. The van der Waals surface area contributed by atoms with Gasteiger partial charge in [-0.05, 0) is 37.8 Å². The van der Waals surface area contributed by atoms with Crippen molar-refractivity contribution in [2.24, 2.45) is 11.7 Å². The zero-order chi connectivity index (χ0) is 14.2. The van der Waals surface area contributed by atoms with Gasteiger partial charge in [-0.2, -0.15) is 0 Å². The van der Waals surface area contributed by atoms with Crippen LogP contribution in [0.4, 0.5) is 11.4 Å². The van der Waals surface area contributed by atoms with Crippen LogP contribution in [0.25, 0.3) is 0 Å². The SMILES string of the molecule is CC(N)(C(=O)Nc1cc(Cl)ccc1[N+](=O)[O-])C1CC1. The zero-order valence-corrected chi connectivity index (χ0v) is 11.1. The number of nitrogens with one attached hydrogen (secondary N) is 1. The van der Waals surface area contributed by atoms with E-state index in [9.17, 15) is 14.9 Å². The lowest BCUT2D eigenvalue weighted by Gasteiger charge is -2.23. The summed E-state index contributed by atoms with van der Waals surface area (Å²) in [5, 5.41) is 13.7. The van der Waals surface area contributed by atoms with Crippen LogP contribution in [-0.4, -0.2) is 16.4 Å². The van der Waals surface area contributed by atoms with Gasteiger partial charge in [0.15, 0.2) is 0 Å². The first-order valence-electron chi connectivity index (χ1n) is 5.86. The second-order valence-corrected chi connectivity index (χ2v) is 5.37. The van der Waals surface area contributed by atoms with Gasteiger partial charge >= 0.3 is 0 Å². The van der Waals surface area contributed by atoms with Crippen LogP contribution in [-0.2, 0) is 4.79 Å². The number of nitro benzene ring substituents is 1. The summed E-state index contributed by atoms with van der Waals surface area (Å²) in [6.07, 6.45) is 1.80. The average molecular weight is 284 g/mol. The fourth-order valence-electron chi connectivity index (χ4n) is 1.89. The Balaban J connectivity index is 2.25. The first-order chi connectivity index (χ1) is 8.82. The number of carbonyl (C=O) groups is 1. The van der Waals surface area contributed by atoms with Gasteiger partial charge in [-0.3, -0.25) is 14.9 Å². The number of benzene rings is 1. The van der Waals surface area contributed by atoms with Crippen LogP contribution in [0.2, 0.25) is 5.02 Å². The van der Waals surface area contributed by atoms with Crippen LogP contribution in [0.1, 0.15) is 19.8 Å². The molecule has 0 aromatic heterocycles. The molecule has 1 fully saturated rings. The highest BCUT2D eigenvalue weighted by molar-refractivity contribution is 6.31. The summed E-state index contributed by atoms with van der Waals surface area (Å²) < 4.78 is 0. The molecular weight excluding hydrogens is 270 g/mol. The molecule has 19 heavy (non-hydrogen) atoms. The van der Waals surface area contributed by atoms with Crippen molar-refractivity contribution in [3.05, 3.63) is 33.3 Å². The van der Waals surface area contributed by atoms with Crippen molar-refractivity contribution in [2.75, 3.05) is 5.32 Å². The highest BCUT2D eigenvalue weighted by Gasteiger charge is 2.44. The largest absolute Gasteiger partial charge is 0.319 e. The molecule has 1 saturated carbocycles. The van der Waals surface area contributed by atoms with Gasteiger partial charge in [0.2, 0.25) is 5.91 Å². The quantitative estimate of drug-likeness (QED) is 0.654. The molecule has 1 aromatic rings. The Hall–Kier alpha value is -1.66. The number of rotatable bonds is 4. The maximum atomic E-state index is 12.1. The number of nitro groups is 1. The van der Waals surface area contributed by atoms with Gasteiger partial charge in [0.1, 0.15) is 5.69 Å². The molecule has 1 aromatic carbocycles. The van der Waals surface area contributed by atoms with Gasteiger partial charge in [0.05, 0.1) is 10.5 Å². The van der Waals surface area contributed by atoms with Crippen molar-refractivity contribution in [3.63, 3.8) is 0 Å². The Labute approximate surface area is 115 Å². The lowest BCUT2D eigenvalue weighted by atomic mass is 9.96. The first-order valence-corrected chi connectivity index (χ1v) is 6.24. The third kappa shape index (κ3) is 2.85. The average Bonchev–Trinajstić information content (AvgIpc) is 3.12.